The molecule has 4 unspecified atom stereocenters. The van der Waals surface area contributed by atoms with Gasteiger partial charge in [-0.3, -0.25) is 4.79 Å². The van der Waals surface area contributed by atoms with Crippen molar-refractivity contribution >= 4 is 5.91 Å². The highest BCUT2D eigenvalue weighted by molar-refractivity contribution is 5.80. The van der Waals surface area contributed by atoms with Crippen molar-refractivity contribution in [2.75, 3.05) is 34.0 Å². The Morgan fingerprint density at radius 1 is 1.35 bits per heavy atom. The lowest BCUT2D eigenvalue weighted by molar-refractivity contribution is -0.141. The molecule has 0 spiro atoms. The number of rotatable bonds is 7. The van der Waals surface area contributed by atoms with E-state index in [2.05, 4.69) is 6.92 Å². The third-order valence-corrected chi connectivity index (χ3v) is 4.37. The predicted molar refractivity (Wildman–Crippen MR) is 79.4 cm³/mol. The second-order valence-corrected chi connectivity index (χ2v) is 5.92. The highest BCUT2D eigenvalue weighted by atomic mass is 16.5. The van der Waals surface area contributed by atoms with Crippen molar-refractivity contribution in [1.29, 1.82) is 0 Å². The van der Waals surface area contributed by atoms with Gasteiger partial charge in [-0.15, -0.1) is 0 Å². The number of nitrogens with zero attached hydrogens (tertiary/aromatic N) is 1. The summed E-state index contributed by atoms with van der Waals surface area (Å²) in [6, 6.07) is 0.0168. The first kappa shape index (κ1) is 17.4. The van der Waals surface area contributed by atoms with Crippen LogP contribution in [0.1, 0.15) is 33.1 Å². The summed E-state index contributed by atoms with van der Waals surface area (Å²) in [6.07, 6.45) is 3.10. The van der Waals surface area contributed by atoms with E-state index in [-0.39, 0.29) is 23.9 Å². The van der Waals surface area contributed by atoms with E-state index in [0.29, 0.717) is 25.7 Å². The topological polar surface area (TPSA) is 64.8 Å². The Morgan fingerprint density at radius 2 is 2.05 bits per heavy atom. The molecule has 0 aromatic rings. The summed E-state index contributed by atoms with van der Waals surface area (Å²) < 4.78 is 10.3. The first-order valence-corrected chi connectivity index (χ1v) is 7.56. The van der Waals surface area contributed by atoms with E-state index in [1.165, 1.54) is 0 Å². The summed E-state index contributed by atoms with van der Waals surface area (Å²) in [4.78, 5) is 14.7. The van der Waals surface area contributed by atoms with Gasteiger partial charge in [0.25, 0.3) is 0 Å². The smallest absolute Gasteiger partial charge is 0.227 e. The van der Waals surface area contributed by atoms with Crippen molar-refractivity contribution in [1.82, 2.24) is 4.90 Å². The third kappa shape index (κ3) is 4.43. The molecule has 1 rings (SSSR count). The van der Waals surface area contributed by atoms with Crippen LogP contribution in [0.2, 0.25) is 0 Å². The van der Waals surface area contributed by atoms with Crippen LogP contribution in [-0.2, 0) is 14.3 Å². The molecule has 20 heavy (non-hydrogen) atoms. The summed E-state index contributed by atoms with van der Waals surface area (Å²) in [6.45, 7) is 5.82. The number of hydrogen-bond acceptors (Lipinski definition) is 4. The molecule has 5 heteroatoms. The molecule has 1 amide bonds. The van der Waals surface area contributed by atoms with E-state index in [1.807, 2.05) is 11.8 Å². The minimum absolute atomic E-state index is 0.0314. The van der Waals surface area contributed by atoms with Gasteiger partial charge in [0, 0.05) is 26.8 Å². The van der Waals surface area contributed by atoms with Crippen LogP contribution in [-0.4, -0.2) is 56.9 Å². The number of carbonyl (C=O) groups is 1. The van der Waals surface area contributed by atoms with Crippen molar-refractivity contribution in [3.05, 3.63) is 0 Å². The molecule has 0 heterocycles. The van der Waals surface area contributed by atoms with E-state index in [1.54, 1.807) is 14.2 Å². The number of ether oxygens (including phenoxy) is 2. The average Bonchev–Trinajstić information content (AvgIpc) is 2.42. The molecule has 1 fully saturated rings. The van der Waals surface area contributed by atoms with Crippen LogP contribution in [0.5, 0.6) is 0 Å². The molecule has 0 aromatic carbocycles. The summed E-state index contributed by atoms with van der Waals surface area (Å²) in [7, 11) is 3.31. The van der Waals surface area contributed by atoms with Crippen molar-refractivity contribution in [2.24, 2.45) is 17.6 Å². The van der Waals surface area contributed by atoms with Crippen LogP contribution < -0.4 is 5.73 Å². The summed E-state index contributed by atoms with van der Waals surface area (Å²) in [5.41, 5.74) is 6.25. The lowest BCUT2D eigenvalue weighted by atomic mass is 9.77. The Hall–Kier alpha value is -0.650. The number of methoxy groups -OCH3 is 2. The van der Waals surface area contributed by atoms with E-state index in [4.69, 9.17) is 15.2 Å². The first-order valence-electron chi connectivity index (χ1n) is 7.56. The van der Waals surface area contributed by atoms with Gasteiger partial charge in [0.1, 0.15) is 0 Å². The van der Waals surface area contributed by atoms with E-state index in [0.717, 1.165) is 19.3 Å². The molecule has 1 aliphatic carbocycles. The van der Waals surface area contributed by atoms with Crippen molar-refractivity contribution in [3.63, 3.8) is 0 Å². The van der Waals surface area contributed by atoms with E-state index in [9.17, 15) is 4.79 Å². The molecule has 0 radical (unpaired) electrons. The summed E-state index contributed by atoms with van der Waals surface area (Å²) >= 11 is 0. The quantitative estimate of drug-likeness (QED) is 0.765. The van der Waals surface area contributed by atoms with Crippen LogP contribution >= 0.6 is 0 Å². The minimum atomic E-state index is -0.0603. The predicted octanol–water partition coefficient (Wildman–Crippen LogP) is 1.26. The molecule has 0 saturated heterocycles. The van der Waals surface area contributed by atoms with Gasteiger partial charge >= 0.3 is 0 Å². The summed E-state index contributed by atoms with van der Waals surface area (Å²) in [5, 5.41) is 0. The average molecular weight is 286 g/mol. The fourth-order valence-electron chi connectivity index (χ4n) is 3.01. The lowest BCUT2D eigenvalue weighted by Crippen LogP contribution is -2.52. The minimum Gasteiger partial charge on any atom is -0.383 e. The summed E-state index contributed by atoms with van der Waals surface area (Å²) in [5.74, 6) is 0.514. The van der Waals surface area contributed by atoms with Gasteiger partial charge < -0.3 is 20.1 Å². The van der Waals surface area contributed by atoms with Crippen molar-refractivity contribution < 1.29 is 14.3 Å². The van der Waals surface area contributed by atoms with Crippen LogP contribution in [0.3, 0.4) is 0 Å². The van der Waals surface area contributed by atoms with Gasteiger partial charge in [-0.1, -0.05) is 13.3 Å². The number of carbonyl (C=O) groups excluding carboxylic acids is 1. The Bertz CT molecular complexity index is 299. The van der Waals surface area contributed by atoms with Crippen LogP contribution in [0.4, 0.5) is 0 Å². The number of nitrogens with two attached hydrogens (primary N) is 1. The third-order valence-electron chi connectivity index (χ3n) is 4.37. The maximum Gasteiger partial charge on any atom is 0.227 e. The van der Waals surface area contributed by atoms with Gasteiger partial charge in [-0.2, -0.15) is 0 Å². The maximum atomic E-state index is 12.8. The Balaban J connectivity index is 2.74. The number of hydrogen-bond donors (Lipinski definition) is 1. The highest BCUT2D eigenvalue weighted by Gasteiger charge is 2.36. The zero-order valence-electron chi connectivity index (χ0n) is 13.3. The van der Waals surface area contributed by atoms with Gasteiger partial charge in [0.15, 0.2) is 0 Å². The van der Waals surface area contributed by atoms with Crippen LogP contribution in [0, 0.1) is 11.8 Å². The molecule has 0 aliphatic heterocycles. The zero-order valence-corrected chi connectivity index (χ0v) is 13.3. The molecule has 0 aromatic heterocycles. The molecule has 118 valence electrons. The molecule has 0 bridgehead atoms. The fraction of sp³-hybridized carbons (Fsp3) is 0.933. The first-order chi connectivity index (χ1) is 9.52. The second-order valence-electron chi connectivity index (χ2n) is 5.92. The van der Waals surface area contributed by atoms with Gasteiger partial charge in [-0.25, -0.2) is 0 Å². The Morgan fingerprint density at radius 3 is 2.65 bits per heavy atom. The second kappa shape index (κ2) is 8.60. The van der Waals surface area contributed by atoms with Crippen LogP contribution in [0.25, 0.3) is 0 Å². The van der Waals surface area contributed by atoms with E-state index >= 15 is 0 Å². The Labute approximate surface area is 122 Å². The zero-order chi connectivity index (χ0) is 15.1. The lowest BCUT2D eigenvalue weighted by Gasteiger charge is -2.38. The SMILES string of the molecule is COCCN(C(=O)C1CCCC(C)C1N)C(C)COC. The maximum absolute atomic E-state index is 12.8. The normalized spacial score (nSPS) is 28.1. The van der Waals surface area contributed by atoms with Crippen molar-refractivity contribution in [3.8, 4) is 0 Å². The highest BCUT2D eigenvalue weighted by Crippen LogP contribution is 2.29. The Kier molecular flexibility index (Phi) is 7.48. The molecular formula is C15H30N2O3. The van der Waals surface area contributed by atoms with Crippen LogP contribution in [0.15, 0.2) is 0 Å². The van der Waals surface area contributed by atoms with Gasteiger partial charge in [0.2, 0.25) is 5.91 Å². The molecule has 5 nitrogen and oxygen atoms in total. The van der Waals surface area contributed by atoms with E-state index < -0.39 is 0 Å². The molecule has 2 N–H and O–H groups in total. The molecular weight excluding hydrogens is 256 g/mol. The van der Waals surface area contributed by atoms with Crippen molar-refractivity contribution in [2.45, 2.75) is 45.2 Å². The standard InChI is InChI=1S/C15H30N2O3/c1-11-6-5-7-13(14(11)16)15(18)17(8-9-19-3)12(2)10-20-4/h11-14H,5-10,16H2,1-4H3. The molecule has 1 aliphatic rings. The largest absolute Gasteiger partial charge is 0.383 e. The molecule has 4 atom stereocenters. The number of amides is 1. The van der Waals surface area contributed by atoms with Gasteiger partial charge in [-0.05, 0) is 25.7 Å². The van der Waals surface area contributed by atoms with Gasteiger partial charge in [0.05, 0.1) is 25.2 Å². The molecule has 1 saturated carbocycles. The monoisotopic (exact) mass is 286 g/mol. The fourth-order valence-corrected chi connectivity index (χ4v) is 3.01.